The lowest BCUT2D eigenvalue weighted by Crippen LogP contribution is -2.51. The SMILES string of the molecule is CCC1Oc2ccc([N+](=O)[O-])nc2N(CC(=O)N(C)C2CCCCC2)C1=O. The van der Waals surface area contributed by atoms with Crippen LogP contribution in [0.25, 0.3) is 0 Å². The molecule has 146 valence electrons. The van der Waals surface area contributed by atoms with Gasteiger partial charge in [-0.25, -0.2) is 0 Å². The number of fused-ring (bicyclic) bond motifs is 1. The molecule has 0 radical (unpaired) electrons. The highest BCUT2D eigenvalue weighted by Crippen LogP contribution is 2.34. The van der Waals surface area contributed by atoms with Gasteiger partial charge in [0.1, 0.15) is 6.54 Å². The molecule has 2 aliphatic rings. The fraction of sp³-hybridized carbons (Fsp3) is 0.611. The Labute approximate surface area is 157 Å². The minimum atomic E-state index is -0.728. The van der Waals surface area contributed by atoms with Crippen molar-refractivity contribution in [3.63, 3.8) is 0 Å². The lowest BCUT2D eigenvalue weighted by molar-refractivity contribution is -0.389. The van der Waals surface area contributed by atoms with Crippen LogP contribution in [0.4, 0.5) is 11.6 Å². The van der Waals surface area contributed by atoms with Crippen LogP contribution in [0.5, 0.6) is 5.75 Å². The molecule has 0 aromatic carbocycles. The Morgan fingerprint density at radius 1 is 1.37 bits per heavy atom. The molecule has 1 aromatic heterocycles. The van der Waals surface area contributed by atoms with Gasteiger partial charge in [0.2, 0.25) is 5.91 Å². The van der Waals surface area contributed by atoms with Crippen molar-refractivity contribution in [2.75, 3.05) is 18.5 Å². The van der Waals surface area contributed by atoms with E-state index in [0.717, 1.165) is 25.7 Å². The number of ether oxygens (including phenoxy) is 1. The Bertz CT molecular complexity index is 747. The van der Waals surface area contributed by atoms with Crippen molar-refractivity contribution in [1.29, 1.82) is 0 Å². The highest BCUT2D eigenvalue weighted by Gasteiger charge is 2.40. The molecule has 0 N–H and O–H groups in total. The summed E-state index contributed by atoms with van der Waals surface area (Å²) in [5.41, 5.74) is 0. The monoisotopic (exact) mass is 376 g/mol. The number of likely N-dealkylation sites (N-methyl/N-ethyl adjacent to an activating group) is 1. The molecule has 2 heterocycles. The van der Waals surface area contributed by atoms with Gasteiger partial charge in [-0.05, 0) is 35.2 Å². The van der Waals surface area contributed by atoms with Gasteiger partial charge in [-0.3, -0.25) is 14.5 Å². The second-order valence-corrected chi connectivity index (χ2v) is 6.98. The van der Waals surface area contributed by atoms with Gasteiger partial charge in [-0.2, -0.15) is 0 Å². The maximum Gasteiger partial charge on any atom is 0.366 e. The van der Waals surface area contributed by atoms with Crippen LogP contribution in [0.2, 0.25) is 0 Å². The van der Waals surface area contributed by atoms with E-state index in [-0.39, 0.29) is 30.1 Å². The van der Waals surface area contributed by atoms with E-state index in [1.165, 1.54) is 23.5 Å². The van der Waals surface area contributed by atoms with Crippen LogP contribution >= 0.6 is 0 Å². The second kappa shape index (κ2) is 7.89. The highest BCUT2D eigenvalue weighted by atomic mass is 16.6. The molecule has 1 saturated carbocycles. The summed E-state index contributed by atoms with van der Waals surface area (Å²) < 4.78 is 5.62. The Morgan fingerprint density at radius 3 is 2.70 bits per heavy atom. The number of hydrogen-bond donors (Lipinski definition) is 0. The average Bonchev–Trinajstić information content (AvgIpc) is 2.69. The van der Waals surface area contributed by atoms with E-state index in [4.69, 9.17) is 4.74 Å². The fourth-order valence-electron chi connectivity index (χ4n) is 3.62. The lowest BCUT2D eigenvalue weighted by atomic mass is 9.94. The molecule has 0 spiro atoms. The molecule has 9 heteroatoms. The lowest BCUT2D eigenvalue weighted by Gasteiger charge is -2.34. The van der Waals surface area contributed by atoms with Crippen LogP contribution in [0.3, 0.4) is 0 Å². The van der Waals surface area contributed by atoms with Gasteiger partial charge < -0.3 is 19.8 Å². The van der Waals surface area contributed by atoms with E-state index >= 15 is 0 Å². The van der Waals surface area contributed by atoms with E-state index in [0.29, 0.717) is 6.42 Å². The Kier molecular flexibility index (Phi) is 5.57. The van der Waals surface area contributed by atoms with Crippen LogP contribution in [-0.4, -0.2) is 52.4 Å². The zero-order valence-corrected chi connectivity index (χ0v) is 15.6. The van der Waals surface area contributed by atoms with Crippen molar-refractivity contribution in [2.45, 2.75) is 57.6 Å². The standard InChI is InChI=1S/C18H24N4O5/c1-3-13-18(24)21(11-16(23)20(2)12-7-5-4-6-8-12)17-14(27-13)9-10-15(19-17)22(25)26/h9-10,12-13H,3-8,11H2,1-2H3. The summed E-state index contributed by atoms with van der Waals surface area (Å²) in [6, 6.07) is 2.83. The fourth-order valence-corrected chi connectivity index (χ4v) is 3.62. The van der Waals surface area contributed by atoms with Gasteiger partial charge in [-0.1, -0.05) is 26.2 Å². The quantitative estimate of drug-likeness (QED) is 0.576. The third kappa shape index (κ3) is 3.86. The Hall–Kier alpha value is -2.71. The first-order valence-electron chi connectivity index (χ1n) is 9.31. The van der Waals surface area contributed by atoms with Gasteiger partial charge in [0.25, 0.3) is 11.7 Å². The number of anilines is 1. The molecule has 9 nitrogen and oxygen atoms in total. The molecular weight excluding hydrogens is 352 g/mol. The van der Waals surface area contributed by atoms with Crippen LogP contribution in [-0.2, 0) is 9.59 Å². The van der Waals surface area contributed by atoms with E-state index in [2.05, 4.69) is 4.98 Å². The summed E-state index contributed by atoms with van der Waals surface area (Å²) in [5.74, 6) is -0.683. The number of rotatable bonds is 5. The molecular formula is C18H24N4O5. The van der Waals surface area contributed by atoms with Crippen molar-refractivity contribution in [3.05, 3.63) is 22.2 Å². The van der Waals surface area contributed by atoms with Crippen molar-refractivity contribution < 1.29 is 19.2 Å². The number of aromatic nitrogens is 1. The normalized spacial score (nSPS) is 20.0. The van der Waals surface area contributed by atoms with Crippen LogP contribution < -0.4 is 9.64 Å². The second-order valence-electron chi connectivity index (χ2n) is 6.98. The largest absolute Gasteiger partial charge is 0.474 e. The number of nitrogens with zero attached hydrogens (tertiary/aromatic N) is 4. The Morgan fingerprint density at radius 2 is 2.07 bits per heavy atom. The first-order chi connectivity index (χ1) is 12.9. The predicted octanol–water partition coefficient (Wildman–Crippen LogP) is 2.28. The topological polar surface area (TPSA) is 106 Å². The molecule has 2 amide bonds. The summed E-state index contributed by atoms with van der Waals surface area (Å²) in [7, 11) is 1.75. The maximum atomic E-state index is 12.8. The van der Waals surface area contributed by atoms with E-state index in [9.17, 15) is 19.7 Å². The zero-order chi connectivity index (χ0) is 19.6. The van der Waals surface area contributed by atoms with Crippen LogP contribution in [0.1, 0.15) is 45.4 Å². The van der Waals surface area contributed by atoms with Gasteiger partial charge in [0.15, 0.2) is 11.9 Å². The molecule has 1 unspecified atom stereocenters. The minimum absolute atomic E-state index is 0.0318. The highest BCUT2D eigenvalue weighted by molar-refractivity contribution is 6.03. The van der Waals surface area contributed by atoms with Crippen LogP contribution in [0, 0.1) is 10.1 Å². The molecule has 3 rings (SSSR count). The van der Waals surface area contributed by atoms with Gasteiger partial charge in [0.05, 0.1) is 0 Å². The number of amides is 2. The number of carbonyl (C=O) groups is 2. The smallest absolute Gasteiger partial charge is 0.366 e. The van der Waals surface area contributed by atoms with Crippen molar-refractivity contribution in [1.82, 2.24) is 9.88 Å². The summed E-state index contributed by atoms with van der Waals surface area (Å²) in [4.78, 5) is 42.9. The number of carbonyl (C=O) groups excluding carboxylic acids is 2. The number of pyridine rings is 1. The van der Waals surface area contributed by atoms with E-state index in [1.807, 2.05) is 0 Å². The molecule has 1 fully saturated rings. The number of hydrogen-bond acceptors (Lipinski definition) is 6. The first kappa shape index (κ1) is 19.1. The van der Waals surface area contributed by atoms with E-state index < -0.39 is 22.8 Å². The van der Waals surface area contributed by atoms with E-state index in [1.54, 1.807) is 18.9 Å². The molecule has 1 atom stereocenters. The molecule has 0 bridgehead atoms. The predicted molar refractivity (Wildman–Crippen MR) is 97.6 cm³/mol. The first-order valence-corrected chi connectivity index (χ1v) is 9.31. The van der Waals surface area contributed by atoms with Gasteiger partial charge in [0, 0.05) is 19.2 Å². The van der Waals surface area contributed by atoms with Crippen molar-refractivity contribution >= 4 is 23.5 Å². The van der Waals surface area contributed by atoms with Crippen molar-refractivity contribution in [3.8, 4) is 5.75 Å². The molecule has 1 aliphatic carbocycles. The summed E-state index contributed by atoms with van der Waals surface area (Å²) in [6.45, 7) is 1.60. The third-order valence-corrected chi connectivity index (χ3v) is 5.26. The molecule has 1 aliphatic heterocycles. The molecule has 27 heavy (non-hydrogen) atoms. The number of nitro groups is 1. The minimum Gasteiger partial charge on any atom is -0.474 e. The summed E-state index contributed by atoms with van der Waals surface area (Å²) >= 11 is 0. The Balaban J connectivity index is 1.86. The average molecular weight is 376 g/mol. The maximum absolute atomic E-state index is 12.8. The van der Waals surface area contributed by atoms with Gasteiger partial charge in [-0.15, -0.1) is 0 Å². The zero-order valence-electron chi connectivity index (χ0n) is 15.6. The summed E-state index contributed by atoms with van der Waals surface area (Å²) in [5, 5.41) is 11.1. The third-order valence-electron chi connectivity index (χ3n) is 5.26. The molecule has 1 aromatic rings. The molecule has 0 saturated heterocycles. The van der Waals surface area contributed by atoms with Gasteiger partial charge >= 0.3 is 5.82 Å². The van der Waals surface area contributed by atoms with Crippen LogP contribution in [0.15, 0.2) is 12.1 Å². The summed E-state index contributed by atoms with van der Waals surface area (Å²) in [6.07, 6.45) is 4.97. The van der Waals surface area contributed by atoms with Crippen molar-refractivity contribution in [2.24, 2.45) is 0 Å².